The maximum absolute atomic E-state index is 12.1. The summed E-state index contributed by atoms with van der Waals surface area (Å²) in [5.41, 5.74) is 1.10. The Morgan fingerprint density at radius 1 is 1.13 bits per heavy atom. The number of carbonyl (C=O) groups excluding carboxylic acids is 1. The lowest BCUT2D eigenvalue weighted by Crippen LogP contribution is -2.12. The highest BCUT2D eigenvalue weighted by molar-refractivity contribution is 6.02. The van der Waals surface area contributed by atoms with E-state index in [-0.39, 0.29) is 11.4 Å². The number of nitrogens with zero attached hydrogens (tertiary/aromatic N) is 4. The van der Waals surface area contributed by atoms with Gasteiger partial charge in [0.05, 0.1) is 16.8 Å². The summed E-state index contributed by atoms with van der Waals surface area (Å²) in [6.07, 6.45) is 1.49. The van der Waals surface area contributed by atoms with Crippen molar-refractivity contribution in [1.29, 1.82) is 0 Å². The number of hydrogen-bond donors (Lipinski definition) is 1. The molecule has 8 heteroatoms. The number of carbonyl (C=O) groups is 1. The van der Waals surface area contributed by atoms with Crippen LogP contribution in [0.5, 0.6) is 0 Å². The van der Waals surface area contributed by atoms with Gasteiger partial charge in [0.2, 0.25) is 0 Å². The third-order valence-electron chi connectivity index (χ3n) is 3.06. The molecule has 23 heavy (non-hydrogen) atoms. The van der Waals surface area contributed by atoms with Crippen molar-refractivity contribution in [3.8, 4) is 5.69 Å². The topological polar surface area (TPSA) is 103 Å². The van der Waals surface area contributed by atoms with Crippen molar-refractivity contribution in [2.75, 3.05) is 5.32 Å². The largest absolute Gasteiger partial charge is 0.320 e. The first-order valence-corrected chi connectivity index (χ1v) is 6.67. The molecular formula is C15H11N5O3. The minimum absolute atomic E-state index is 0.101. The molecule has 0 bridgehead atoms. The van der Waals surface area contributed by atoms with Crippen molar-refractivity contribution in [3.05, 3.63) is 76.6 Å². The van der Waals surface area contributed by atoms with E-state index in [0.29, 0.717) is 5.69 Å². The summed E-state index contributed by atoms with van der Waals surface area (Å²) in [5, 5.41) is 21.0. The molecule has 0 atom stereocenters. The molecule has 3 rings (SSSR count). The van der Waals surface area contributed by atoms with Gasteiger partial charge in [-0.1, -0.05) is 29.5 Å². The van der Waals surface area contributed by atoms with Gasteiger partial charge in [-0.15, -0.1) is 5.10 Å². The number of nitrogens with one attached hydrogen (secondary N) is 1. The number of anilines is 1. The highest BCUT2D eigenvalue weighted by atomic mass is 16.6. The van der Waals surface area contributed by atoms with Crippen LogP contribution >= 0.6 is 0 Å². The van der Waals surface area contributed by atoms with Crippen molar-refractivity contribution in [2.24, 2.45) is 0 Å². The molecule has 0 unspecified atom stereocenters. The zero-order chi connectivity index (χ0) is 16.2. The van der Waals surface area contributed by atoms with Crippen LogP contribution < -0.4 is 5.32 Å². The number of amides is 1. The maximum Gasteiger partial charge on any atom is 0.277 e. The number of para-hydroxylation sites is 1. The van der Waals surface area contributed by atoms with Gasteiger partial charge < -0.3 is 5.32 Å². The monoisotopic (exact) mass is 309 g/mol. The first-order valence-electron chi connectivity index (χ1n) is 6.67. The van der Waals surface area contributed by atoms with Crippen molar-refractivity contribution in [3.63, 3.8) is 0 Å². The molecule has 2 aromatic carbocycles. The predicted molar refractivity (Wildman–Crippen MR) is 82.4 cm³/mol. The molecule has 8 nitrogen and oxygen atoms in total. The Morgan fingerprint density at radius 2 is 1.91 bits per heavy atom. The van der Waals surface area contributed by atoms with Gasteiger partial charge in [0, 0.05) is 17.8 Å². The Morgan fingerprint density at radius 3 is 2.65 bits per heavy atom. The number of rotatable bonds is 4. The van der Waals surface area contributed by atoms with Gasteiger partial charge in [0.1, 0.15) is 0 Å². The first kappa shape index (κ1) is 14.4. The third kappa shape index (κ3) is 3.21. The van der Waals surface area contributed by atoms with Crippen LogP contribution in [0.25, 0.3) is 5.69 Å². The molecule has 0 fully saturated rings. The van der Waals surface area contributed by atoms with Crippen LogP contribution in [0.4, 0.5) is 11.4 Å². The van der Waals surface area contributed by atoms with Crippen LogP contribution in [0, 0.1) is 10.1 Å². The Bertz CT molecular complexity index is 860. The molecule has 0 radical (unpaired) electrons. The van der Waals surface area contributed by atoms with E-state index in [1.807, 2.05) is 30.3 Å². The second-order valence-corrected chi connectivity index (χ2v) is 4.65. The molecule has 0 aliphatic rings. The van der Waals surface area contributed by atoms with E-state index in [1.54, 1.807) is 6.07 Å². The normalized spacial score (nSPS) is 10.3. The number of non-ortho nitro benzene ring substituents is 1. The fourth-order valence-electron chi connectivity index (χ4n) is 1.97. The molecule has 0 aliphatic heterocycles. The molecular weight excluding hydrogens is 298 g/mol. The summed E-state index contributed by atoms with van der Waals surface area (Å²) >= 11 is 0. The summed E-state index contributed by atoms with van der Waals surface area (Å²) < 4.78 is 1.47. The molecule has 0 aliphatic carbocycles. The van der Waals surface area contributed by atoms with Gasteiger partial charge in [0.15, 0.2) is 5.69 Å². The Balaban J connectivity index is 1.78. The number of benzene rings is 2. The SMILES string of the molecule is O=C(Nc1cccc([N+](=O)[O-])c1)c1cn(-c2ccccc2)nn1. The van der Waals surface area contributed by atoms with E-state index in [2.05, 4.69) is 15.6 Å². The Kier molecular flexibility index (Phi) is 3.79. The highest BCUT2D eigenvalue weighted by Crippen LogP contribution is 2.17. The van der Waals surface area contributed by atoms with Crippen LogP contribution in [0.1, 0.15) is 10.5 Å². The van der Waals surface area contributed by atoms with Gasteiger partial charge >= 0.3 is 0 Å². The smallest absolute Gasteiger partial charge is 0.277 e. The standard InChI is InChI=1S/C15H11N5O3/c21-15(16-11-5-4-8-13(9-11)20(22)23)14-10-19(18-17-14)12-6-2-1-3-7-12/h1-10H,(H,16,21). The predicted octanol–water partition coefficient (Wildman–Crippen LogP) is 2.43. The van der Waals surface area contributed by atoms with Gasteiger partial charge in [-0.05, 0) is 18.2 Å². The summed E-state index contributed by atoms with van der Waals surface area (Å²) in [7, 11) is 0. The van der Waals surface area contributed by atoms with E-state index in [0.717, 1.165) is 5.69 Å². The van der Waals surface area contributed by atoms with Gasteiger partial charge in [-0.25, -0.2) is 4.68 Å². The van der Waals surface area contributed by atoms with Crippen LogP contribution in [0.15, 0.2) is 60.8 Å². The molecule has 1 heterocycles. The lowest BCUT2D eigenvalue weighted by atomic mass is 10.2. The number of nitro groups is 1. The average Bonchev–Trinajstić information content (AvgIpc) is 3.06. The second kappa shape index (κ2) is 6.06. The van der Waals surface area contributed by atoms with Crippen molar-refractivity contribution in [1.82, 2.24) is 15.0 Å². The summed E-state index contributed by atoms with van der Waals surface area (Å²) in [6, 6.07) is 14.9. The van der Waals surface area contributed by atoms with E-state index in [9.17, 15) is 14.9 Å². The van der Waals surface area contributed by atoms with Crippen molar-refractivity contribution < 1.29 is 9.72 Å². The fraction of sp³-hybridized carbons (Fsp3) is 0. The quantitative estimate of drug-likeness (QED) is 0.589. The second-order valence-electron chi connectivity index (χ2n) is 4.65. The van der Waals surface area contributed by atoms with E-state index < -0.39 is 10.8 Å². The van der Waals surface area contributed by atoms with Crippen molar-refractivity contribution in [2.45, 2.75) is 0 Å². The molecule has 0 saturated heterocycles. The lowest BCUT2D eigenvalue weighted by molar-refractivity contribution is -0.384. The minimum Gasteiger partial charge on any atom is -0.320 e. The minimum atomic E-state index is -0.526. The van der Waals surface area contributed by atoms with Crippen molar-refractivity contribution >= 4 is 17.3 Å². The van der Waals surface area contributed by atoms with Gasteiger partial charge in [-0.3, -0.25) is 14.9 Å². The number of nitro benzene ring substituents is 1. The van der Waals surface area contributed by atoms with Crippen LogP contribution in [-0.2, 0) is 0 Å². The molecule has 1 N–H and O–H groups in total. The van der Waals surface area contributed by atoms with Crippen LogP contribution in [0.2, 0.25) is 0 Å². The maximum atomic E-state index is 12.1. The molecule has 0 saturated carbocycles. The average molecular weight is 309 g/mol. The fourth-order valence-corrected chi connectivity index (χ4v) is 1.97. The number of aromatic nitrogens is 3. The van der Waals surface area contributed by atoms with Crippen LogP contribution in [-0.4, -0.2) is 25.8 Å². The van der Waals surface area contributed by atoms with Crippen LogP contribution in [0.3, 0.4) is 0 Å². The van der Waals surface area contributed by atoms with Gasteiger partial charge in [0.25, 0.3) is 11.6 Å². The zero-order valence-corrected chi connectivity index (χ0v) is 11.8. The first-order chi connectivity index (χ1) is 11.1. The molecule has 3 aromatic rings. The highest BCUT2D eigenvalue weighted by Gasteiger charge is 2.13. The summed E-state index contributed by atoms with van der Waals surface area (Å²) in [6.45, 7) is 0. The molecule has 0 spiro atoms. The van der Waals surface area contributed by atoms with E-state index in [1.165, 1.54) is 29.1 Å². The summed E-state index contributed by atoms with van der Waals surface area (Å²) in [5.74, 6) is -0.493. The zero-order valence-electron chi connectivity index (χ0n) is 11.8. The Labute approximate surface area is 130 Å². The Hall–Kier alpha value is -3.55. The van der Waals surface area contributed by atoms with E-state index in [4.69, 9.17) is 0 Å². The molecule has 114 valence electrons. The third-order valence-corrected chi connectivity index (χ3v) is 3.06. The molecule has 1 aromatic heterocycles. The lowest BCUT2D eigenvalue weighted by Gasteiger charge is -2.02. The number of hydrogen-bond acceptors (Lipinski definition) is 5. The van der Waals surface area contributed by atoms with E-state index >= 15 is 0 Å². The summed E-state index contributed by atoms with van der Waals surface area (Å²) in [4.78, 5) is 22.4. The van der Waals surface area contributed by atoms with Gasteiger partial charge in [-0.2, -0.15) is 0 Å². The molecule has 1 amide bonds.